The molecule has 3 rings (SSSR count). The van der Waals surface area contributed by atoms with Crippen LogP contribution in [0.4, 0.5) is 0 Å². The van der Waals surface area contributed by atoms with Crippen LogP contribution in [-0.2, 0) is 11.2 Å². The summed E-state index contributed by atoms with van der Waals surface area (Å²) in [5.41, 5.74) is 0.387. The Labute approximate surface area is 174 Å². The first-order valence-corrected chi connectivity index (χ1v) is 9.86. The predicted octanol–water partition coefficient (Wildman–Crippen LogP) is 4.12. The number of guanidine groups is 1. The van der Waals surface area contributed by atoms with Crippen LogP contribution < -0.4 is 10.6 Å². The number of methoxy groups -OCH3 is 1. The van der Waals surface area contributed by atoms with Crippen molar-refractivity contribution in [2.45, 2.75) is 63.8 Å². The summed E-state index contributed by atoms with van der Waals surface area (Å²) in [7, 11) is 1.78. The van der Waals surface area contributed by atoms with Crippen molar-refractivity contribution in [1.82, 2.24) is 10.6 Å². The van der Waals surface area contributed by atoms with Gasteiger partial charge in [-0.05, 0) is 49.7 Å². The number of aliphatic imine (C=N–C) groups is 1. The van der Waals surface area contributed by atoms with Gasteiger partial charge in [-0.15, -0.1) is 24.0 Å². The van der Waals surface area contributed by atoms with E-state index in [2.05, 4.69) is 10.6 Å². The number of nitrogens with one attached hydrogen (secondary N) is 2. The van der Waals surface area contributed by atoms with Crippen LogP contribution in [0.3, 0.4) is 0 Å². The second-order valence-corrected chi connectivity index (χ2v) is 7.64. The molecule has 2 N–H and O–H groups in total. The molecular weight excluding hydrogens is 441 g/mol. The predicted molar refractivity (Wildman–Crippen MR) is 116 cm³/mol. The van der Waals surface area contributed by atoms with Gasteiger partial charge in [0.2, 0.25) is 0 Å². The Hall–Kier alpha value is -0.760. The van der Waals surface area contributed by atoms with E-state index in [0.29, 0.717) is 11.5 Å². The second kappa shape index (κ2) is 11.2. The number of hydrogen-bond acceptors (Lipinski definition) is 3. The summed E-state index contributed by atoms with van der Waals surface area (Å²) in [6.07, 6.45) is 12.8. The molecule has 2 saturated carbocycles. The van der Waals surface area contributed by atoms with Gasteiger partial charge < -0.3 is 19.8 Å². The molecule has 0 saturated heterocycles. The van der Waals surface area contributed by atoms with Crippen LogP contribution >= 0.6 is 24.0 Å². The van der Waals surface area contributed by atoms with Crippen molar-refractivity contribution in [2.24, 2.45) is 10.4 Å². The van der Waals surface area contributed by atoms with Crippen molar-refractivity contribution in [2.75, 3.05) is 26.8 Å². The molecule has 0 atom stereocenters. The number of halogens is 1. The molecule has 0 bridgehead atoms. The third-order valence-electron chi connectivity index (χ3n) is 5.56. The van der Waals surface area contributed by atoms with Gasteiger partial charge in [0.25, 0.3) is 0 Å². The Morgan fingerprint density at radius 1 is 1.31 bits per heavy atom. The summed E-state index contributed by atoms with van der Waals surface area (Å²) in [5.74, 6) is 1.99. The van der Waals surface area contributed by atoms with Crippen LogP contribution in [0.5, 0.6) is 0 Å². The summed E-state index contributed by atoms with van der Waals surface area (Å²) in [6.45, 7) is 2.59. The van der Waals surface area contributed by atoms with Crippen LogP contribution in [0.2, 0.25) is 0 Å². The van der Waals surface area contributed by atoms with Gasteiger partial charge in [0, 0.05) is 39.3 Å². The standard InChI is InChI=1S/C20H33N3O2.HI/c1-24-15-12-20(10-11-20)16-22-19(23-17-6-3-2-4-7-17)21-13-9-18-8-5-14-25-18;/h5,8,14,17H,2-4,6-7,9-13,15-16H2,1H3,(H2,21,22,23);1H. The van der Waals surface area contributed by atoms with Gasteiger partial charge in [0.05, 0.1) is 6.26 Å². The maximum Gasteiger partial charge on any atom is 0.191 e. The molecule has 0 amide bonds. The molecule has 0 spiro atoms. The van der Waals surface area contributed by atoms with Crippen LogP contribution in [0.25, 0.3) is 0 Å². The normalized spacial score (nSPS) is 19.7. The topological polar surface area (TPSA) is 58.8 Å². The van der Waals surface area contributed by atoms with E-state index >= 15 is 0 Å². The zero-order chi connectivity index (χ0) is 17.4. The number of hydrogen-bond donors (Lipinski definition) is 2. The van der Waals surface area contributed by atoms with E-state index in [1.165, 1.54) is 44.9 Å². The molecule has 1 aromatic rings. The number of rotatable bonds is 9. The van der Waals surface area contributed by atoms with E-state index in [4.69, 9.17) is 14.1 Å². The molecule has 26 heavy (non-hydrogen) atoms. The molecule has 148 valence electrons. The Morgan fingerprint density at radius 2 is 2.12 bits per heavy atom. The maximum atomic E-state index is 5.42. The first-order chi connectivity index (χ1) is 12.3. The first kappa shape index (κ1) is 21.5. The highest BCUT2D eigenvalue weighted by atomic mass is 127. The van der Waals surface area contributed by atoms with Gasteiger partial charge in [0.15, 0.2) is 5.96 Å². The molecule has 1 heterocycles. The average molecular weight is 475 g/mol. The third-order valence-corrected chi connectivity index (χ3v) is 5.56. The lowest BCUT2D eigenvalue weighted by molar-refractivity contribution is 0.174. The lowest BCUT2D eigenvalue weighted by Crippen LogP contribution is -2.45. The lowest BCUT2D eigenvalue weighted by Gasteiger charge is -2.25. The summed E-state index contributed by atoms with van der Waals surface area (Å²) < 4.78 is 10.7. The van der Waals surface area contributed by atoms with E-state index in [9.17, 15) is 0 Å². The summed E-state index contributed by atoms with van der Waals surface area (Å²) in [4.78, 5) is 4.93. The van der Waals surface area contributed by atoms with Gasteiger partial charge >= 0.3 is 0 Å². The SMILES string of the molecule is COCCC1(CN=C(NCCc2ccco2)NC2CCCCC2)CC1.I. The quantitative estimate of drug-likeness (QED) is 0.321. The number of nitrogens with zero attached hydrogens (tertiary/aromatic N) is 1. The van der Waals surface area contributed by atoms with E-state index in [1.807, 2.05) is 12.1 Å². The van der Waals surface area contributed by atoms with Crippen LogP contribution in [0.15, 0.2) is 27.8 Å². The number of furan rings is 1. The minimum atomic E-state index is 0. The van der Waals surface area contributed by atoms with Gasteiger partial charge in [-0.3, -0.25) is 4.99 Å². The van der Waals surface area contributed by atoms with E-state index in [-0.39, 0.29) is 24.0 Å². The lowest BCUT2D eigenvalue weighted by atomic mass is 9.96. The minimum absolute atomic E-state index is 0. The molecule has 0 aliphatic heterocycles. The van der Waals surface area contributed by atoms with Crippen LogP contribution in [0, 0.1) is 5.41 Å². The largest absolute Gasteiger partial charge is 0.469 e. The molecule has 2 aliphatic carbocycles. The molecule has 5 nitrogen and oxygen atoms in total. The smallest absolute Gasteiger partial charge is 0.191 e. The van der Waals surface area contributed by atoms with Gasteiger partial charge in [-0.1, -0.05) is 19.3 Å². The van der Waals surface area contributed by atoms with Crippen molar-refractivity contribution in [1.29, 1.82) is 0 Å². The van der Waals surface area contributed by atoms with E-state index in [1.54, 1.807) is 13.4 Å². The Kier molecular flexibility index (Phi) is 9.25. The zero-order valence-corrected chi connectivity index (χ0v) is 18.3. The Balaban J connectivity index is 0.00000243. The Morgan fingerprint density at radius 3 is 2.77 bits per heavy atom. The van der Waals surface area contributed by atoms with Crippen molar-refractivity contribution in [3.05, 3.63) is 24.2 Å². The zero-order valence-electron chi connectivity index (χ0n) is 16.0. The highest BCUT2D eigenvalue weighted by molar-refractivity contribution is 14.0. The van der Waals surface area contributed by atoms with Crippen LogP contribution in [0.1, 0.15) is 57.1 Å². The second-order valence-electron chi connectivity index (χ2n) is 7.64. The van der Waals surface area contributed by atoms with Crippen molar-refractivity contribution < 1.29 is 9.15 Å². The van der Waals surface area contributed by atoms with Gasteiger partial charge in [0.1, 0.15) is 5.76 Å². The minimum Gasteiger partial charge on any atom is -0.469 e. The maximum absolute atomic E-state index is 5.42. The monoisotopic (exact) mass is 475 g/mol. The molecule has 1 aromatic heterocycles. The molecular formula is C20H34IN3O2. The highest BCUT2D eigenvalue weighted by Crippen LogP contribution is 2.48. The summed E-state index contributed by atoms with van der Waals surface area (Å²) in [5, 5.41) is 7.18. The molecule has 6 heteroatoms. The highest BCUT2D eigenvalue weighted by Gasteiger charge is 2.41. The fraction of sp³-hybridized carbons (Fsp3) is 0.750. The summed E-state index contributed by atoms with van der Waals surface area (Å²) in [6, 6.07) is 4.53. The van der Waals surface area contributed by atoms with Crippen molar-refractivity contribution in [3.63, 3.8) is 0 Å². The molecule has 0 radical (unpaired) electrons. The van der Waals surface area contributed by atoms with Gasteiger partial charge in [-0.2, -0.15) is 0 Å². The van der Waals surface area contributed by atoms with Crippen molar-refractivity contribution >= 4 is 29.9 Å². The molecule has 0 aromatic carbocycles. The Bertz CT molecular complexity index is 523. The van der Waals surface area contributed by atoms with Gasteiger partial charge in [-0.25, -0.2) is 0 Å². The third kappa shape index (κ3) is 7.10. The molecule has 2 aliphatic rings. The first-order valence-electron chi connectivity index (χ1n) is 9.86. The van der Waals surface area contributed by atoms with Crippen molar-refractivity contribution in [3.8, 4) is 0 Å². The van der Waals surface area contributed by atoms with Crippen LogP contribution in [-0.4, -0.2) is 38.8 Å². The fourth-order valence-corrected chi connectivity index (χ4v) is 3.58. The molecule has 0 unspecified atom stereocenters. The van der Waals surface area contributed by atoms with E-state index in [0.717, 1.165) is 44.3 Å². The van der Waals surface area contributed by atoms with E-state index < -0.39 is 0 Å². The molecule has 2 fully saturated rings. The fourth-order valence-electron chi connectivity index (χ4n) is 3.58. The number of ether oxygens (including phenoxy) is 1. The average Bonchev–Trinajstić information content (AvgIpc) is 3.22. The summed E-state index contributed by atoms with van der Waals surface area (Å²) >= 11 is 0.